The molecule has 0 aromatic carbocycles. The van der Waals surface area contributed by atoms with E-state index >= 15 is 0 Å². The Kier molecular flexibility index (Phi) is 3.42. The number of fused-ring (bicyclic) bond motifs is 1. The Labute approximate surface area is 123 Å². The molecule has 0 aliphatic carbocycles. The Hall–Kier alpha value is -1.55. The molecule has 0 radical (unpaired) electrons. The SMILES string of the molecule is CCc1sc(C(=O)N2CCn3cccc3C2C)cc1C. The molecule has 3 rings (SSSR count). The summed E-state index contributed by atoms with van der Waals surface area (Å²) in [6.07, 6.45) is 3.10. The highest BCUT2D eigenvalue weighted by Crippen LogP contribution is 2.30. The van der Waals surface area contributed by atoms with Gasteiger partial charge in [-0.3, -0.25) is 4.79 Å². The number of hydrogen-bond acceptors (Lipinski definition) is 2. The van der Waals surface area contributed by atoms with Crippen molar-refractivity contribution in [1.29, 1.82) is 0 Å². The van der Waals surface area contributed by atoms with Crippen LogP contribution in [0.15, 0.2) is 24.4 Å². The van der Waals surface area contributed by atoms with Gasteiger partial charge in [0.25, 0.3) is 5.91 Å². The van der Waals surface area contributed by atoms with Crippen molar-refractivity contribution in [3.8, 4) is 0 Å². The molecule has 1 amide bonds. The van der Waals surface area contributed by atoms with Crippen molar-refractivity contribution in [1.82, 2.24) is 9.47 Å². The second kappa shape index (κ2) is 5.09. The van der Waals surface area contributed by atoms with Crippen LogP contribution in [0.2, 0.25) is 0 Å². The number of amides is 1. The second-order valence-electron chi connectivity index (χ2n) is 5.37. The average Bonchev–Trinajstić information content (AvgIpc) is 3.05. The summed E-state index contributed by atoms with van der Waals surface area (Å²) in [5.41, 5.74) is 2.47. The smallest absolute Gasteiger partial charge is 0.264 e. The molecule has 0 fully saturated rings. The number of aromatic nitrogens is 1. The van der Waals surface area contributed by atoms with Crippen LogP contribution >= 0.6 is 11.3 Å². The van der Waals surface area contributed by atoms with E-state index in [9.17, 15) is 4.79 Å². The van der Waals surface area contributed by atoms with Gasteiger partial charge in [-0.15, -0.1) is 11.3 Å². The first-order valence-corrected chi connectivity index (χ1v) is 7.98. The molecule has 3 nitrogen and oxygen atoms in total. The van der Waals surface area contributed by atoms with Gasteiger partial charge in [0, 0.05) is 29.9 Å². The molecule has 1 unspecified atom stereocenters. The summed E-state index contributed by atoms with van der Waals surface area (Å²) in [5.74, 6) is 0.178. The van der Waals surface area contributed by atoms with E-state index in [0.717, 1.165) is 24.4 Å². The number of carbonyl (C=O) groups is 1. The minimum Gasteiger partial charge on any atom is -0.348 e. The van der Waals surface area contributed by atoms with Crippen LogP contribution in [-0.2, 0) is 13.0 Å². The highest BCUT2D eigenvalue weighted by Gasteiger charge is 2.29. The molecule has 2 aromatic rings. The molecule has 4 heteroatoms. The number of carbonyl (C=O) groups excluding carboxylic acids is 1. The molecule has 0 saturated heterocycles. The van der Waals surface area contributed by atoms with Gasteiger partial charge < -0.3 is 9.47 Å². The van der Waals surface area contributed by atoms with Gasteiger partial charge in [0.05, 0.1) is 10.9 Å². The van der Waals surface area contributed by atoms with Gasteiger partial charge in [0.15, 0.2) is 0 Å². The van der Waals surface area contributed by atoms with Crippen LogP contribution in [-0.4, -0.2) is 21.9 Å². The van der Waals surface area contributed by atoms with E-state index in [2.05, 4.69) is 43.7 Å². The van der Waals surface area contributed by atoms with Crippen molar-refractivity contribution >= 4 is 17.2 Å². The van der Waals surface area contributed by atoms with Crippen molar-refractivity contribution in [2.45, 2.75) is 39.8 Å². The van der Waals surface area contributed by atoms with Gasteiger partial charge in [-0.2, -0.15) is 0 Å². The summed E-state index contributed by atoms with van der Waals surface area (Å²) in [7, 11) is 0. The third kappa shape index (κ3) is 2.08. The molecule has 0 saturated carbocycles. The van der Waals surface area contributed by atoms with E-state index in [-0.39, 0.29) is 11.9 Å². The fourth-order valence-electron chi connectivity index (χ4n) is 2.97. The van der Waals surface area contributed by atoms with Gasteiger partial charge in [-0.25, -0.2) is 0 Å². The zero-order valence-electron chi connectivity index (χ0n) is 12.2. The van der Waals surface area contributed by atoms with Gasteiger partial charge >= 0.3 is 0 Å². The normalized spacial score (nSPS) is 18.1. The maximum atomic E-state index is 12.8. The quantitative estimate of drug-likeness (QED) is 0.828. The maximum absolute atomic E-state index is 12.8. The summed E-state index contributed by atoms with van der Waals surface area (Å²) < 4.78 is 2.24. The summed E-state index contributed by atoms with van der Waals surface area (Å²) in [6.45, 7) is 8.04. The van der Waals surface area contributed by atoms with E-state index < -0.39 is 0 Å². The lowest BCUT2D eigenvalue weighted by molar-refractivity contribution is 0.0649. The van der Waals surface area contributed by atoms with Crippen molar-refractivity contribution in [2.24, 2.45) is 0 Å². The number of hydrogen-bond donors (Lipinski definition) is 0. The Morgan fingerprint density at radius 3 is 2.95 bits per heavy atom. The van der Waals surface area contributed by atoms with E-state index in [1.807, 2.05) is 11.0 Å². The molecule has 20 heavy (non-hydrogen) atoms. The van der Waals surface area contributed by atoms with E-state index in [0.29, 0.717) is 0 Å². The van der Waals surface area contributed by atoms with Crippen LogP contribution in [0.25, 0.3) is 0 Å². The Bertz CT molecular complexity index is 641. The lowest BCUT2D eigenvalue weighted by Crippen LogP contribution is -2.40. The summed E-state index contributed by atoms with van der Waals surface area (Å²) in [4.78, 5) is 17.0. The van der Waals surface area contributed by atoms with Crippen molar-refractivity contribution in [2.75, 3.05) is 6.54 Å². The summed E-state index contributed by atoms with van der Waals surface area (Å²) in [5, 5.41) is 0. The molecule has 2 aromatic heterocycles. The molecule has 0 spiro atoms. The molecule has 1 aliphatic heterocycles. The lowest BCUT2D eigenvalue weighted by Gasteiger charge is -2.34. The first kappa shape index (κ1) is 13.4. The Morgan fingerprint density at radius 1 is 1.45 bits per heavy atom. The van der Waals surface area contributed by atoms with Gasteiger partial charge in [-0.1, -0.05) is 6.92 Å². The van der Waals surface area contributed by atoms with E-state index in [4.69, 9.17) is 0 Å². The monoisotopic (exact) mass is 288 g/mol. The number of nitrogens with zero attached hydrogens (tertiary/aromatic N) is 2. The van der Waals surface area contributed by atoms with Crippen LogP contribution in [0.3, 0.4) is 0 Å². The minimum atomic E-state index is 0.152. The topological polar surface area (TPSA) is 25.2 Å². The number of rotatable bonds is 2. The molecule has 0 bridgehead atoms. The fraction of sp³-hybridized carbons (Fsp3) is 0.438. The van der Waals surface area contributed by atoms with Crippen molar-refractivity contribution in [3.05, 3.63) is 45.4 Å². The molecule has 106 valence electrons. The first-order chi connectivity index (χ1) is 9.61. The van der Waals surface area contributed by atoms with Crippen LogP contribution < -0.4 is 0 Å². The third-order valence-corrected chi connectivity index (χ3v) is 5.52. The van der Waals surface area contributed by atoms with Crippen LogP contribution in [0.5, 0.6) is 0 Å². The summed E-state index contributed by atoms with van der Waals surface area (Å²) >= 11 is 1.65. The maximum Gasteiger partial charge on any atom is 0.264 e. The minimum absolute atomic E-state index is 0.152. The van der Waals surface area contributed by atoms with E-state index in [1.54, 1.807) is 11.3 Å². The zero-order chi connectivity index (χ0) is 14.3. The highest BCUT2D eigenvalue weighted by atomic mass is 32.1. The number of thiophene rings is 1. The van der Waals surface area contributed by atoms with Crippen LogP contribution in [0, 0.1) is 6.92 Å². The Balaban J connectivity index is 1.88. The molecule has 3 heterocycles. The molecule has 1 aliphatic rings. The van der Waals surface area contributed by atoms with Gasteiger partial charge in [-0.05, 0) is 44.0 Å². The van der Waals surface area contributed by atoms with Crippen molar-refractivity contribution in [3.63, 3.8) is 0 Å². The number of aryl methyl sites for hydroxylation is 2. The average molecular weight is 288 g/mol. The van der Waals surface area contributed by atoms with Crippen molar-refractivity contribution < 1.29 is 4.79 Å². The van der Waals surface area contributed by atoms with E-state index in [1.165, 1.54) is 16.1 Å². The van der Waals surface area contributed by atoms with Gasteiger partial charge in [0.1, 0.15) is 0 Å². The molecular weight excluding hydrogens is 268 g/mol. The fourth-order valence-corrected chi connectivity index (χ4v) is 4.04. The van der Waals surface area contributed by atoms with Crippen LogP contribution in [0.4, 0.5) is 0 Å². The predicted octanol–water partition coefficient (Wildman–Crippen LogP) is 3.64. The highest BCUT2D eigenvalue weighted by molar-refractivity contribution is 7.14. The predicted molar refractivity (Wildman–Crippen MR) is 82.3 cm³/mol. The third-order valence-electron chi connectivity index (χ3n) is 4.16. The first-order valence-electron chi connectivity index (χ1n) is 7.17. The molecule has 1 atom stereocenters. The standard InChI is InChI=1S/C16H20N2OS/c1-4-14-11(2)10-15(20-14)16(19)18-9-8-17-7-5-6-13(17)12(18)3/h5-7,10,12H,4,8-9H2,1-3H3. The van der Waals surface area contributed by atoms with Gasteiger partial charge in [0.2, 0.25) is 0 Å². The molecular formula is C16H20N2OS. The largest absolute Gasteiger partial charge is 0.348 e. The van der Waals surface area contributed by atoms with Crippen LogP contribution in [0.1, 0.15) is 45.7 Å². The molecule has 0 N–H and O–H groups in total. The second-order valence-corrected chi connectivity index (χ2v) is 6.51. The summed E-state index contributed by atoms with van der Waals surface area (Å²) in [6, 6.07) is 6.37. The lowest BCUT2D eigenvalue weighted by atomic mass is 10.1. The zero-order valence-corrected chi connectivity index (χ0v) is 13.0. The Morgan fingerprint density at radius 2 is 2.25 bits per heavy atom.